The number of nitrogens with one attached hydrogen (secondary N) is 1. The molecule has 0 saturated heterocycles. The topological polar surface area (TPSA) is 101 Å². The molecule has 0 aromatic carbocycles. The summed E-state index contributed by atoms with van der Waals surface area (Å²) in [5.41, 5.74) is 12.4. The van der Waals surface area contributed by atoms with Gasteiger partial charge in [0.25, 0.3) is 0 Å². The van der Waals surface area contributed by atoms with Crippen LogP contribution in [0.2, 0.25) is 0 Å². The number of ether oxygens (including phenoxy) is 1. The van der Waals surface area contributed by atoms with Crippen LogP contribution in [0.1, 0.15) is 0 Å². The smallest absolute Gasteiger partial charge is 0.343 e. The number of rotatable bonds is 1. The zero-order chi connectivity index (χ0) is 10.1. The van der Waals surface area contributed by atoms with Crippen LogP contribution in [-0.4, -0.2) is 17.1 Å². The highest BCUT2D eigenvalue weighted by atomic mass is 16.5. The van der Waals surface area contributed by atoms with Crippen molar-refractivity contribution in [1.82, 2.24) is 9.97 Å². The fourth-order valence-electron chi connectivity index (χ4n) is 1.19. The highest BCUT2D eigenvalue weighted by Crippen LogP contribution is 2.18. The molecule has 2 aromatic rings. The summed E-state index contributed by atoms with van der Waals surface area (Å²) in [6, 6.07) is 1.73. The number of nitrogen functional groups attached to an aromatic ring is 2. The lowest BCUT2D eigenvalue weighted by Crippen LogP contribution is -2.18. The Balaban J connectivity index is 2.75. The molecule has 0 fully saturated rings. The third-order valence-electron chi connectivity index (χ3n) is 1.84. The fraction of sp³-hybridized carbons (Fsp3) is 0.125. The van der Waals surface area contributed by atoms with Crippen LogP contribution in [0.15, 0.2) is 12.3 Å². The van der Waals surface area contributed by atoms with Gasteiger partial charge in [0.1, 0.15) is 5.75 Å². The van der Waals surface area contributed by atoms with E-state index in [2.05, 4.69) is 15.0 Å². The van der Waals surface area contributed by atoms with Crippen LogP contribution in [0, 0.1) is 0 Å². The number of nitrogens with two attached hydrogens (primary N) is 2. The van der Waals surface area contributed by atoms with Gasteiger partial charge in [-0.2, -0.15) is 0 Å². The van der Waals surface area contributed by atoms with E-state index in [1.54, 1.807) is 19.4 Å². The standard InChI is InChI=1S/C8H9N5O/c1-14-4-2-5-6(11-3-4)7(9)13-8(10)12-5/h2-3H,1H3,(H4,9,10,12,13)/p+1. The average molecular weight is 192 g/mol. The minimum absolute atomic E-state index is 0.255. The fourth-order valence-corrected chi connectivity index (χ4v) is 1.19. The third-order valence-corrected chi connectivity index (χ3v) is 1.84. The van der Waals surface area contributed by atoms with Gasteiger partial charge in [0.15, 0.2) is 11.0 Å². The van der Waals surface area contributed by atoms with Crippen molar-refractivity contribution in [2.45, 2.75) is 0 Å². The number of H-pyrrole nitrogens is 1. The Morgan fingerprint density at radius 3 is 2.93 bits per heavy atom. The Hall–Kier alpha value is -2.11. The maximum atomic E-state index is 5.67. The van der Waals surface area contributed by atoms with Crippen LogP contribution in [0.4, 0.5) is 11.8 Å². The van der Waals surface area contributed by atoms with Crippen LogP contribution in [0.3, 0.4) is 0 Å². The second-order valence-corrected chi connectivity index (χ2v) is 2.78. The lowest BCUT2D eigenvalue weighted by Gasteiger charge is -2.00. The maximum Gasteiger partial charge on any atom is 0.343 e. The molecule has 0 radical (unpaired) electrons. The molecule has 0 aliphatic rings. The van der Waals surface area contributed by atoms with Crippen LogP contribution >= 0.6 is 0 Å². The molecule has 0 bridgehead atoms. The largest absolute Gasteiger partial charge is 0.495 e. The zero-order valence-electron chi connectivity index (χ0n) is 7.61. The van der Waals surface area contributed by atoms with Crippen LogP contribution in [0.25, 0.3) is 11.0 Å². The Bertz CT molecular complexity index is 484. The van der Waals surface area contributed by atoms with Gasteiger partial charge < -0.3 is 16.2 Å². The SMILES string of the molecule is COc1cnc2c(N)[nH+]c(N)nc2c1. The van der Waals surface area contributed by atoms with E-state index in [4.69, 9.17) is 16.2 Å². The molecule has 0 unspecified atom stereocenters. The van der Waals surface area contributed by atoms with Crippen molar-refractivity contribution in [3.05, 3.63) is 12.3 Å². The summed E-state index contributed by atoms with van der Waals surface area (Å²) < 4.78 is 5.01. The van der Waals surface area contributed by atoms with Gasteiger partial charge in [0.2, 0.25) is 5.82 Å². The van der Waals surface area contributed by atoms with E-state index in [0.29, 0.717) is 22.6 Å². The highest BCUT2D eigenvalue weighted by Gasteiger charge is 2.09. The molecule has 2 heterocycles. The van der Waals surface area contributed by atoms with Gasteiger partial charge in [-0.25, -0.2) is 9.97 Å². The lowest BCUT2D eigenvalue weighted by atomic mass is 10.3. The Kier molecular flexibility index (Phi) is 1.81. The van der Waals surface area contributed by atoms with Gasteiger partial charge in [-0.15, -0.1) is 4.98 Å². The molecule has 2 aromatic heterocycles. The number of nitrogens with zero attached hydrogens (tertiary/aromatic N) is 2. The average Bonchev–Trinajstić information content (AvgIpc) is 2.16. The maximum absolute atomic E-state index is 5.67. The summed E-state index contributed by atoms with van der Waals surface area (Å²) >= 11 is 0. The summed E-state index contributed by atoms with van der Waals surface area (Å²) in [6.45, 7) is 0. The summed E-state index contributed by atoms with van der Waals surface area (Å²) in [4.78, 5) is 10.8. The molecule has 6 nitrogen and oxygen atoms in total. The van der Waals surface area contributed by atoms with Crippen molar-refractivity contribution in [3.63, 3.8) is 0 Å². The number of hydrogen-bond acceptors (Lipinski definition) is 5. The van der Waals surface area contributed by atoms with Crippen LogP contribution in [0.5, 0.6) is 5.75 Å². The molecule has 0 aliphatic heterocycles. The van der Waals surface area contributed by atoms with Crippen molar-refractivity contribution in [2.75, 3.05) is 18.6 Å². The number of pyridine rings is 1. The molecule has 14 heavy (non-hydrogen) atoms. The molecule has 72 valence electrons. The van der Waals surface area contributed by atoms with E-state index >= 15 is 0 Å². The number of methoxy groups -OCH3 is 1. The van der Waals surface area contributed by atoms with Gasteiger partial charge >= 0.3 is 5.95 Å². The Morgan fingerprint density at radius 2 is 2.21 bits per heavy atom. The number of hydrogen-bond donors (Lipinski definition) is 2. The zero-order valence-corrected chi connectivity index (χ0v) is 7.61. The van der Waals surface area contributed by atoms with Crippen molar-refractivity contribution < 1.29 is 9.72 Å². The van der Waals surface area contributed by atoms with E-state index in [1.807, 2.05) is 0 Å². The molecule has 0 atom stereocenters. The molecular formula is C8H10N5O+. The molecule has 0 spiro atoms. The minimum Gasteiger partial charge on any atom is -0.495 e. The quantitative estimate of drug-likeness (QED) is 0.641. The molecular weight excluding hydrogens is 182 g/mol. The van der Waals surface area contributed by atoms with E-state index in [0.717, 1.165) is 0 Å². The molecule has 5 N–H and O–H groups in total. The van der Waals surface area contributed by atoms with Gasteiger partial charge in [-0.05, 0) is 0 Å². The van der Waals surface area contributed by atoms with Crippen molar-refractivity contribution in [1.29, 1.82) is 0 Å². The van der Waals surface area contributed by atoms with Crippen molar-refractivity contribution in [2.24, 2.45) is 0 Å². The Morgan fingerprint density at radius 1 is 1.43 bits per heavy atom. The lowest BCUT2D eigenvalue weighted by molar-refractivity contribution is -0.344. The summed E-state index contributed by atoms with van der Waals surface area (Å²) in [6.07, 6.45) is 1.57. The highest BCUT2D eigenvalue weighted by molar-refractivity contribution is 5.83. The number of aromatic nitrogens is 3. The predicted molar refractivity (Wildman–Crippen MR) is 51.5 cm³/mol. The summed E-state index contributed by atoms with van der Waals surface area (Å²) in [7, 11) is 1.56. The first kappa shape index (κ1) is 8.49. The van der Waals surface area contributed by atoms with E-state index in [1.165, 1.54) is 0 Å². The number of fused-ring (bicyclic) bond motifs is 1. The van der Waals surface area contributed by atoms with Crippen LogP contribution < -0.4 is 21.2 Å². The van der Waals surface area contributed by atoms with Gasteiger partial charge in [-0.3, -0.25) is 0 Å². The number of anilines is 2. The first-order chi connectivity index (χ1) is 6.70. The van der Waals surface area contributed by atoms with E-state index in [9.17, 15) is 0 Å². The third kappa shape index (κ3) is 1.26. The summed E-state index contributed by atoms with van der Waals surface area (Å²) in [5, 5.41) is 0. The monoisotopic (exact) mass is 192 g/mol. The van der Waals surface area contributed by atoms with Gasteiger partial charge in [-0.1, -0.05) is 0 Å². The van der Waals surface area contributed by atoms with Gasteiger partial charge in [0, 0.05) is 6.07 Å². The van der Waals surface area contributed by atoms with E-state index < -0.39 is 0 Å². The van der Waals surface area contributed by atoms with Crippen molar-refractivity contribution in [3.8, 4) is 5.75 Å². The normalized spacial score (nSPS) is 10.4. The van der Waals surface area contributed by atoms with Gasteiger partial charge in [0.05, 0.1) is 13.3 Å². The molecule has 0 aliphatic carbocycles. The first-order valence-electron chi connectivity index (χ1n) is 3.98. The second kappa shape index (κ2) is 2.99. The molecule has 0 saturated carbocycles. The number of aromatic amines is 1. The first-order valence-corrected chi connectivity index (χ1v) is 3.98. The molecule has 6 heteroatoms. The predicted octanol–water partition coefficient (Wildman–Crippen LogP) is -0.383. The van der Waals surface area contributed by atoms with Crippen LogP contribution in [-0.2, 0) is 0 Å². The van der Waals surface area contributed by atoms with Crippen molar-refractivity contribution >= 4 is 22.8 Å². The Labute approximate surface area is 79.9 Å². The summed E-state index contributed by atoms with van der Waals surface area (Å²) in [5.74, 6) is 1.27. The molecule has 0 amide bonds. The second-order valence-electron chi connectivity index (χ2n) is 2.78. The molecule has 2 rings (SSSR count). The minimum atomic E-state index is 0.255. The van der Waals surface area contributed by atoms with E-state index in [-0.39, 0.29) is 5.95 Å².